The van der Waals surface area contributed by atoms with E-state index in [2.05, 4.69) is 0 Å². The zero-order valence-electron chi connectivity index (χ0n) is 23.4. The minimum absolute atomic E-state index is 0.276. The smallest absolute Gasteiger partial charge is 0.323 e. The number of nitrogens with zero attached hydrogens (tertiary/aromatic N) is 2. The molecule has 0 fully saturated rings. The minimum atomic E-state index is -1.20. The first kappa shape index (κ1) is 28.2. The summed E-state index contributed by atoms with van der Waals surface area (Å²) in [5.41, 5.74) is 2.47. The lowest BCUT2D eigenvalue weighted by atomic mass is 9.84. The van der Waals surface area contributed by atoms with E-state index in [1.165, 1.54) is 21.3 Å². The first-order valence-electron chi connectivity index (χ1n) is 12.8. The lowest BCUT2D eigenvalue weighted by Gasteiger charge is -2.44. The average Bonchev–Trinajstić information content (AvgIpc) is 2.98. The van der Waals surface area contributed by atoms with Crippen molar-refractivity contribution >= 4 is 23.5 Å². The highest BCUT2D eigenvalue weighted by Crippen LogP contribution is 2.51. The van der Waals surface area contributed by atoms with Crippen LogP contribution in [0, 0.1) is 12.3 Å². The molecule has 2 aromatic carbocycles. The topological polar surface area (TPSA) is 115 Å². The second-order valence-electron chi connectivity index (χ2n) is 11.0. The number of carboxylic acids is 1. The van der Waals surface area contributed by atoms with Gasteiger partial charge in [0.1, 0.15) is 31.1 Å². The Morgan fingerprint density at radius 3 is 2.49 bits per heavy atom. The number of anilines is 1. The highest BCUT2D eigenvalue weighted by molar-refractivity contribution is 6.02. The summed E-state index contributed by atoms with van der Waals surface area (Å²) in [5.74, 6) is -0.555. The summed E-state index contributed by atoms with van der Waals surface area (Å²) < 4.78 is 24.1. The van der Waals surface area contributed by atoms with Crippen molar-refractivity contribution in [3.8, 4) is 17.2 Å². The molecule has 2 aliphatic heterocycles. The molecule has 210 valence electrons. The Kier molecular flexibility index (Phi) is 7.79. The maximum Gasteiger partial charge on any atom is 0.323 e. The van der Waals surface area contributed by atoms with Crippen molar-refractivity contribution in [2.75, 3.05) is 39.3 Å². The summed E-state index contributed by atoms with van der Waals surface area (Å²) in [6.45, 7) is 7.82. The van der Waals surface area contributed by atoms with E-state index in [9.17, 15) is 19.5 Å². The Balaban J connectivity index is 1.93. The Morgan fingerprint density at radius 2 is 1.87 bits per heavy atom. The molecule has 4 rings (SSSR count). The Morgan fingerprint density at radius 1 is 1.15 bits per heavy atom. The van der Waals surface area contributed by atoms with Crippen LogP contribution in [0.2, 0.25) is 0 Å². The Labute approximate surface area is 228 Å². The van der Waals surface area contributed by atoms with Gasteiger partial charge in [-0.05, 0) is 30.0 Å². The molecule has 2 aromatic rings. The van der Waals surface area contributed by atoms with Crippen LogP contribution in [0.15, 0.2) is 30.3 Å². The van der Waals surface area contributed by atoms with Crippen molar-refractivity contribution in [3.05, 3.63) is 47.0 Å². The van der Waals surface area contributed by atoms with E-state index in [1.54, 1.807) is 11.0 Å². The summed E-state index contributed by atoms with van der Waals surface area (Å²) in [4.78, 5) is 41.4. The van der Waals surface area contributed by atoms with Gasteiger partial charge in [-0.25, -0.2) is 0 Å². The average molecular weight is 541 g/mol. The van der Waals surface area contributed by atoms with E-state index in [1.807, 2.05) is 52.0 Å². The summed E-state index contributed by atoms with van der Waals surface area (Å²) >= 11 is 0. The fraction of sp³-hybridized carbons (Fsp3) is 0.483. The molecule has 2 amide bonds. The molecule has 2 heterocycles. The number of likely N-dealkylation sites (N-methyl/N-ethyl adjacent to an activating group) is 1. The molecule has 0 aliphatic carbocycles. The molecular weight excluding hydrogens is 504 g/mol. The molecule has 0 aromatic heterocycles. The third kappa shape index (κ3) is 5.38. The van der Waals surface area contributed by atoms with E-state index in [0.717, 1.165) is 10.5 Å². The molecule has 3 atom stereocenters. The van der Waals surface area contributed by atoms with Crippen LogP contribution in [0.1, 0.15) is 50.0 Å². The normalized spacial score (nSPS) is 20.4. The fourth-order valence-electron chi connectivity index (χ4n) is 5.19. The summed E-state index contributed by atoms with van der Waals surface area (Å²) in [6, 6.07) is 8.91. The third-order valence-corrected chi connectivity index (χ3v) is 7.17. The lowest BCUT2D eigenvalue weighted by Crippen LogP contribution is -2.56. The predicted molar refractivity (Wildman–Crippen MR) is 144 cm³/mol. The number of carbonyl (C=O) groups excluding carboxylic acids is 2. The van der Waals surface area contributed by atoms with Crippen molar-refractivity contribution in [2.24, 2.45) is 5.41 Å². The van der Waals surface area contributed by atoms with E-state index in [-0.39, 0.29) is 30.4 Å². The van der Waals surface area contributed by atoms with Gasteiger partial charge in [-0.3, -0.25) is 19.3 Å². The highest BCUT2D eigenvalue weighted by atomic mass is 16.5. The van der Waals surface area contributed by atoms with Gasteiger partial charge < -0.3 is 29.0 Å². The van der Waals surface area contributed by atoms with Crippen molar-refractivity contribution in [1.82, 2.24) is 4.90 Å². The van der Waals surface area contributed by atoms with Gasteiger partial charge in [-0.1, -0.05) is 39.0 Å². The molecule has 10 nitrogen and oxygen atoms in total. The number of aryl methyl sites for hydroxylation is 1. The number of benzene rings is 2. The molecule has 39 heavy (non-hydrogen) atoms. The molecule has 0 saturated carbocycles. The molecule has 1 N–H and O–H groups in total. The largest absolute Gasteiger partial charge is 0.493 e. The van der Waals surface area contributed by atoms with Gasteiger partial charge in [0.15, 0.2) is 11.5 Å². The molecule has 0 radical (unpaired) electrons. The van der Waals surface area contributed by atoms with Crippen molar-refractivity contribution in [2.45, 2.75) is 52.4 Å². The number of para-hydroxylation sites is 1. The number of carboxylic acid groups (broad SMARTS) is 1. The molecule has 2 aliphatic rings. The van der Waals surface area contributed by atoms with E-state index >= 15 is 0 Å². The number of amides is 2. The van der Waals surface area contributed by atoms with Gasteiger partial charge in [0, 0.05) is 18.2 Å². The standard InChI is InChI=1S/C29H36N2O8/c1-16-11-18-25-20(12-16)38-15-22(29(2,3)4)31(25)28(35)21(13-23(32)30(5)14-24(33)34)39-26(18)17-9-8-10-19(36-6)27(17)37-7/h8-12,21-22,26H,13-15H2,1-7H3,(H,33,34)/t21-,22+,26-/m1/s1. The molecule has 10 heteroatoms. The number of rotatable bonds is 7. The van der Waals surface area contributed by atoms with Crippen LogP contribution in [0.3, 0.4) is 0 Å². The van der Waals surface area contributed by atoms with Crippen molar-refractivity contribution < 1.29 is 38.4 Å². The van der Waals surface area contributed by atoms with Gasteiger partial charge in [0.25, 0.3) is 5.91 Å². The van der Waals surface area contributed by atoms with Gasteiger partial charge in [0.05, 0.1) is 32.4 Å². The predicted octanol–water partition coefficient (Wildman–Crippen LogP) is 3.57. The first-order valence-corrected chi connectivity index (χ1v) is 12.8. The second kappa shape index (κ2) is 10.8. The molecule has 0 bridgehead atoms. The Hall–Kier alpha value is -3.79. The number of hydrogen-bond donors (Lipinski definition) is 1. The number of carbonyl (C=O) groups is 3. The molecule has 0 unspecified atom stereocenters. The fourth-order valence-corrected chi connectivity index (χ4v) is 5.19. The van der Waals surface area contributed by atoms with Crippen LogP contribution in [0.4, 0.5) is 5.69 Å². The number of methoxy groups -OCH3 is 2. The van der Waals surface area contributed by atoms with Crippen LogP contribution in [0.25, 0.3) is 0 Å². The Bertz CT molecular complexity index is 1280. The second-order valence-corrected chi connectivity index (χ2v) is 11.0. The van der Waals surface area contributed by atoms with Gasteiger partial charge in [-0.2, -0.15) is 0 Å². The van der Waals surface area contributed by atoms with Crippen molar-refractivity contribution in [1.29, 1.82) is 0 Å². The van der Waals surface area contributed by atoms with Gasteiger partial charge in [-0.15, -0.1) is 0 Å². The van der Waals surface area contributed by atoms with Crippen molar-refractivity contribution in [3.63, 3.8) is 0 Å². The number of aliphatic carboxylic acids is 1. The maximum atomic E-state index is 14.3. The molecule has 0 spiro atoms. The zero-order valence-corrected chi connectivity index (χ0v) is 23.4. The van der Waals surface area contributed by atoms with Gasteiger partial charge >= 0.3 is 5.97 Å². The number of hydrogen-bond acceptors (Lipinski definition) is 7. The van der Waals surface area contributed by atoms with Crippen LogP contribution in [-0.4, -0.2) is 74.4 Å². The van der Waals surface area contributed by atoms with E-state index < -0.39 is 30.6 Å². The van der Waals surface area contributed by atoms with E-state index in [4.69, 9.17) is 18.9 Å². The molecule has 0 saturated heterocycles. The third-order valence-electron chi connectivity index (χ3n) is 7.17. The molecular formula is C29H36N2O8. The quantitative estimate of drug-likeness (QED) is 0.567. The van der Waals surface area contributed by atoms with E-state index in [0.29, 0.717) is 34.1 Å². The maximum absolute atomic E-state index is 14.3. The number of ether oxygens (including phenoxy) is 4. The van der Waals surface area contributed by atoms with Crippen LogP contribution in [-0.2, 0) is 19.1 Å². The van der Waals surface area contributed by atoms with Crippen LogP contribution < -0.4 is 19.1 Å². The lowest BCUT2D eigenvalue weighted by molar-refractivity contribution is -0.147. The van der Waals surface area contributed by atoms with Gasteiger partial charge in [0.2, 0.25) is 5.91 Å². The monoisotopic (exact) mass is 540 g/mol. The summed E-state index contributed by atoms with van der Waals surface area (Å²) in [7, 11) is 4.46. The van der Waals surface area contributed by atoms with Crippen LogP contribution >= 0.6 is 0 Å². The highest BCUT2D eigenvalue weighted by Gasteiger charge is 2.48. The zero-order chi connectivity index (χ0) is 28.6. The SMILES string of the molecule is COc1cccc([C@H]2O[C@H](CC(=O)N(C)CC(=O)O)C(=O)N3c4c(cc(C)cc42)OC[C@H]3C(C)(C)C)c1OC. The van der Waals surface area contributed by atoms with Crippen LogP contribution in [0.5, 0.6) is 17.2 Å². The summed E-state index contributed by atoms with van der Waals surface area (Å²) in [5, 5.41) is 9.18. The summed E-state index contributed by atoms with van der Waals surface area (Å²) in [6.07, 6.45) is -2.34. The first-order chi connectivity index (χ1) is 18.4. The minimum Gasteiger partial charge on any atom is -0.493 e.